The van der Waals surface area contributed by atoms with Crippen molar-refractivity contribution in [2.45, 2.75) is 50.0 Å². The van der Waals surface area contributed by atoms with Gasteiger partial charge in [-0.05, 0) is 62.9 Å². The van der Waals surface area contributed by atoms with Crippen LogP contribution in [-0.4, -0.2) is 42.5 Å². The summed E-state index contributed by atoms with van der Waals surface area (Å²) in [4.78, 5) is 17.1. The number of hydrogen-bond acceptors (Lipinski definition) is 6. The molecule has 0 saturated carbocycles. The molecule has 3 rings (SSSR count). The molecule has 1 amide bonds. The van der Waals surface area contributed by atoms with Gasteiger partial charge in [0.05, 0.1) is 16.2 Å². The Morgan fingerprint density at radius 2 is 1.90 bits per heavy atom. The first kappa shape index (κ1) is 23.3. The summed E-state index contributed by atoms with van der Waals surface area (Å²) >= 11 is 1.20. The van der Waals surface area contributed by atoms with Gasteiger partial charge >= 0.3 is 0 Å². The highest BCUT2D eigenvalue weighted by atomic mass is 32.2. The van der Waals surface area contributed by atoms with E-state index in [1.165, 1.54) is 22.1 Å². The zero-order chi connectivity index (χ0) is 22.6. The van der Waals surface area contributed by atoms with Gasteiger partial charge in [0.1, 0.15) is 11.1 Å². The van der Waals surface area contributed by atoms with Crippen LogP contribution in [0.1, 0.15) is 41.6 Å². The molecule has 1 aromatic carbocycles. The molecule has 1 saturated heterocycles. The predicted molar refractivity (Wildman–Crippen MR) is 122 cm³/mol. The van der Waals surface area contributed by atoms with Gasteiger partial charge in [-0.3, -0.25) is 4.79 Å². The van der Waals surface area contributed by atoms with Crippen molar-refractivity contribution >= 4 is 33.4 Å². The zero-order valence-electron chi connectivity index (χ0n) is 17.9. The topological polar surface area (TPSA) is 103 Å². The average molecular weight is 459 g/mol. The Morgan fingerprint density at radius 1 is 1.19 bits per heavy atom. The Hall–Kier alpha value is -2.41. The Kier molecular flexibility index (Phi) is 7.36. The molecule has 2 heterocycles. The highest BCUT2D eigenvalue weighted by molar-refractivity contribution is 8.00. The van der Waals surface area contributed by atoms with Crippen molar-refractivity contribution < 1.29 is 13.2 Å². The van der Waals surface area contributed by atoms with Gasteiger partial charge < -0.3 is 5.32 Å². The number of benzene rings is 1. The van der Waals surface area contributed by atoms with Crippen LogP contribution < -0.4 is 5.32 Å². The molecular formula is C22H26N4O3S2. The largest absolute Gasteiger partial charge is 0.325 e. The van der Waals surface area contributed by atoms with E-state index in [0.29, 0.717) is 29.4 Å². The van der Waals surface area contributed by atoms with Crippen LogP contribution in [0.2, 0.25) is 0 Å². The van der Waals surface area contributed by atoms with E-state index in [9.17, 15) is 18.5 Å². The molecule has 0 radical (unpaired) electrons. The van der Waals surface area contributed by atoms with Gasteiger partial charge in [-0.25, -0.2) is 13.4 Å². The van der Waals surface area contributed by atoms with E-state index < -0.39 is 10.0 Å². The molecule has 1 N–H and O–H groups in total. The summed E-state index contributed by atoms with van der Waals surface area (Å²) in [6, 6.07) is 8.51. The van der Waals surface area contributed by atoms with Gasteiger partial charge in [-0.2, -0.15) is 9.57 Å². The number of pyridine rings is 1. The normalized spacial score (nSPS) is 14.8. The molecule has 7 nitrogen and oxygen atoms in total. The molecule has 0 bridgehead atoms. The van der Waals surface area contributed by atoms with Crippen LogP contribution in [0.3, 0.4) is 0 Å². The predicted octanol–water partition coefficient (Wildman–Crippen LogP) is 3.78. The number of hydrogen-bond donors (Lipinski definition) is 1. The first-order valence-corrected chi connectivity index (χ1v) is 12.6. The number of amides is 1. The molecule has 0 unspecified atom stereocenters. The second-order valence-corrected chi connectivity index (χ2v) is 10.5. The van der Waals surface area contributed by atoms with E-state index in [2.05, 4.69) is 16.4 Å². The second-order valence-electron chi connectivity index (χ2n) is 7.57. The second kappa shape index (κ2) is 9.81. The van der Waals surface area contributed by atoms with Crippen molar-refractivity contribution in [3.8, 4) is 6.07 Å². The van der Waals surface area contributed by atoms with Gasteiger partial charge in [0.2, 0.25) is 15.9 Å². The summed E-state index contributed by atoms with van der Waals surface area (Å²) in [5.74, 6) is -0.230. The van der Waals surface area contributed by atoms with Crippen LogP contribution in [-0.2, 0) is 14.8 Å². The molecular weight excluding hydrogens is 432 g/mol. The van der Waals surface area contributed by atoms with Crippen LogP contribution in [0, 0.1) is 32.1 Å². The first-order valence-electron chi connectivity index (χ1n) is 10.1. The number of nitrogens with zero attached hydrogens (tertiary/aromatic N) is 3. The minimum absolute atomic E-state index is 0.0622. The van der Waals surface area contributed by atoms with Crippen molar-refractivity contribution in [3.05, 3.63) is 46.6 Å². The number of carbonyl (C=O) groups is 1. The Morgan fingerprint density at radius 3 is 2.58 bits per heavy atom. The Balaban J connectivity index is 1.70. The Labute approximate surface area is 187 Å². The van der Waals surface area contributed by atoms with Crippen molar-refractivity contribution in [3.63, 3.8) is 0 Å². The lowest BCUT2D eigenvalue weighted by molar-refractivity contribution is -0.113. The Bertz CT molecular complexity index is 1130. The molecule has 31 heavy (non-hydrogen) atoms. The molecule has 9 heteroatoms. The summed E-state index contributed by atoms with van der Waals surface area (Å²) in [6.07, 6.45) is 2.77. The minimum atomic E-state index is -3.57. The number of nitrogens with one attached hydrogen (secondary N) is 1. The number of aryl methyl sites for hydroxylation is 1. The number of aromatic nitrogens is 1. The molecule has 164 valence electrons. The van der Waals surface area contributed by atoms with Crippen molar-refractivity contribution in [1.29, 1.82) is 5.26 Å². The average Bonchev–Trinajstić information content (AvgIpc) is 2.77. The molecule has 1 aliphatic heterocycles. The van der Waals surface area contributed by atoms with Crippen molar-refractivity contribution in [2.75, 3.05) is 24.2 Å². The summed E-state index contributed by atoms with van der Waals surface area (Å²) in [6.45, 7) is 6.73. The highest BCUT2D eigenvalue weighted by Crippen LogP contribution is 2.27. The number of anilines is 1. The van der Waals surface area contributed by atoms with Crippen LogP contribution in [0.5, 0.6) is 0 Å². The van der Waals surface area contributed by atoms with E-state index in [0.717, 1.165) is 36.1 Å². The maximum atomic E-state index is 12.9. The van der Waals surface area contributed by atoms with Crippen molar-refractivity contribution in [2.24, 2.45) is 0 Å². The lowest BCUT2D eigenvalue weighted by Gasteiger charge is -2.26. The van der Waals surface area contributed by atoms with E-state index in [-0.39, 0.29) is 16.6 Å². The minimum Gasteiger partial charge on any atom is -0.325 e. The fraction of sp³-hybridized carbons (Fsp3) is 0.409. The quantitative estimate of drug-likeness (QED) is 0.661. The summed E-state index contributed by atoms with van der Waals surface area (Å²) in [5, 5.41) is 12.7. The third-order valence-corrected chi connectivity index (χ3v) is 8.36. The number of thioether (sulfide) groups is 1. The summed E-state index contributed by atoms with van der Waals surface area (Å²) < 4.78 is 27.2. The number of piperidine rings is 1. The third-order valence-electron chi connectivity index (χ3n) is 5.49. The SMILES string of the molecule is Cc1nc(SCC(=O)Nc2cccc(S(=O)(=O)N3CCCCC3)c2)c(C#N)c(C)c1C. The van der Waals surface area contributed by atoms with Gasteiger partial charge in [-0.15, -0.1) is 0 Å². The first-order chi connectivity index (χ1) is 14.7. The summed E-state index contributed by atoms with van der Waals surface area (Å²) in [5.41, 5.74) is 3.57. The molecule has 1 aromatic heterocycles. The van der Waals surface area contributed by atoms with Gasteiger partial charge in [0.15, 0.2) is 0 Å². The molecule has 0 aliphatic carbocycles. The smallest absolute Gasteiger partial charge is 0.243 e. The highest BCUT2D eigenvalue weighted by Gasteiger charge is 2.26. The third kappa shape index (κ3) is 5.26. The maximum Gasteiger partial charge on any atom is 0.243 e. The van der Waals surface area contributed by atoms with Crippen LogP contribution in [0.15, 0.2) is 34.2 Å². The van der Waals surface area contributed by atoms with Crippen LogP contribution in [0.4, 0.5) is 5.69 Å². The van der Waals surface area contributed by atoms with E-state index in [4.69, 9.17) is 0 Å². The molecule has 2 aromatic rings. The van der Waals surface area contributed by atoms with Crippen molar-refractivity contribution in [1.82, 2.24) is 9.29 Å². The van der Waals surface area contributed by atoms with Gasteiger partial charge in [0.25, 0.3) is 0 Å². The van der Waals surface area contributed by atoms with E-state index >= 15 is 0 Å². The fourth-order valence-electron chi connectivity index (χ4n) is 3.47. The van der Waals surface area contributed by atoms with Gasteiger partial charge in [0, 0.05) is 24.5 Å². The number of sulfonamides is 1. The molecule has 0 spiro atoms. The maximum absolute atomic E-state index is 12.9. The monoisotopic (exact) mass is 458 g/mol. The molecule has 1 aliphatic rings. The van der Waals surface area contributed by atoms with E-state index in [1.54, 1.807) is 18.2 Å². The van der Waals surface area contributed by atoms with E-state index in [1.807, 2.05) is 20.8 Å². The number of rotatable bonds is 6. The fourth-order valence-corrected chi connectivity index (χ4v) is 5.92. The molecule has 1 fully saturated rings. The lowest BCUT2D eigenvalue weighted by atomic mass is 10.1. The number of nitriles is 1. The van der Waals surface area contributed by atoms with Gasteiger partial charge in [-0.1, -0.05) is 24.2 Å². The lowest BCUT2D eigenvalue weighted by Crippen LogP contribution is -2.35. The standard InChI is InChI=1S/C22H26N4O3S2/c1-15-16(2)20(13-23)22(24-17(15)3)30-14-21(27)25-18-8-7-9-19(12-18)31(28,29)26-10-5-4-6-11-26/h7-9,12H,4-6,10-11,14H2,1-3H3,(H,25,27). The number of carbonyl (C=O) groups excluding carboxylic acids is 1. The zero-order valence-corrected chi connectivity index (χ0v) is 19.6. The van der Waals surface area contributed by atoms with Crippen LogP contribution >= 0.6 is 11.8 Å². The van der Waals surface area contributed by atoms with Crippen LogP contribution in [0.25, 0.3) is 0 Å². The molecule has 0 atom stereocenters. The summed E-state index contributed by atoms with van der Waals surface area (Å²) in [7, 11) is -3.57.